The van der Waals surface area contributed by atoms with Crippen LogP contribution in [0.4, 0.5) is 0 Å². The number of nitrogens with zero attached hydrogens (tertiary/aromatic N) is 2. The smallest absolute Gasteiger partial charge is 0.347 e. The number of carbonyl (C=O) groups is 1. The van der Waals surface area contributed by atoms with E-state index in [1.807, 2.05) is 13.8 Å². The van der Waals surface area contributed by atoms with Gasteiger partial charge in [-0.2, -0.15) is 0 Å². The minimum Gasteiger partial charge on any atom is -0.477 e. The van der Waals surface area contributed by atoms with Gasteiger partial charge >= 0.3 is 5.97 Å². The molecule has 0 spiro atoms. The van der Waals surface area contributed by atoms with E-state index in [9.17, 15) is 9.90 Å². The molecule has 2 atom stereocenters. The van der Waals surface area contributed by atoms with Crippen LogP contribution >= 0.6 is 11.3 Å². The van der Waals surface area contributed by atoms with Gasteiger partial charge in [0.15, 0.2) is 0 Å². The molecule has 1 aliphatic rings. The number of aromatic carboxylic acids is 1. The summed E-state index contributed by atoms with van der Waals surface area (Å²) in [7, 11) is 0. The highest BCUT2D eigenvalue weighted by molar-refractivity contribution is 7.13. The fourth-order valence-corrected chi connectivity index (χ4v) is 4.20. The molecule has 1 fully saturated rings. The zero-order valence-corrected chi connectivity index (χ0v) is 13.5. The number of hydrogen-bond acceptors (Lipinski definition) is 4. The molecule has 2 rings (SSSR count). The summed E-state index contributed by atoms with van der Waals surface area (Å²) in [5, 5.41) is 10.2. The van der Waals surface area contributed by atoms with Gasteiger partial charge in [0.05, 0.1) is 12.2 Å². The summed E-state index contributed by atoms with van der Waals surface area (Å²) in [6.45, 7) is 11.5. The Kier molecular flexibility index (Phi) is 4.81. The van der Waals surface area contributed by atoms with Crippen LogP contribution in [0.1, 0.15) is 60.4 Å². The van der Waals surface area contributed by atoms with Crippen molar-refractivity contribution < 1.29 is 9.90 Å². The fourth-order valence-electron chi connectivity index (χ4n) is 3.10. The lowest BCUT2D eigenvalue weighted by Gasteiger charge is -2.34. The van der Waals surface area contributed by atoms with Crippen LogP contribution < -0.4 is 0 Å². The molecule has 112 valence electrons. The molecule has 1 saturated heterocycles. The van der Waals surface area contributed by atoms with Crippen molar-refractivity contribution >= 4 is 17.3 Å². The number of likely N-dealkylation sites (tertiary alicyclic amines) is 1. The SMILES string of the molecule is CC1CC(C)CN(Cc2nc(C(C)C)c(C(=O)O)s2)C1. The third kappa shape index (κ3) is 3.58. The molecular weight excluding hydrogens is 272 g/mol. The van der Waals surface area contributed by atoms with Crippen LogP contribution in [0.2, 0.25) is 0 Å². The number of carboxylic acid groups (broad SMARTS) is 1. The molecule has 1 aromatic heterocycles. The summed E-state index contributed by atoms with van der Waals surface area (Å²) in [5.41, 5.74) is 0.732. The third-order valence-corrected chi connectivity index (χ3v) is 4.79. The topological polar surface area (TPSA) is 53.4 Å². The zero-order chi connectivity index (χ0) is 14.9. The van der Waals surface area contributed by atoms with E-state index >= 15 is 0 Å². The molecule has 2 unspecified atom stereocenters. The molecule has 0 amide bonds. The van der Waals surface area contributed by atoms with Gasteiger partial charge in [0.1, 0.15) is 9.88 Å². The summed E-state index contributed by atoms with van der Waals surface area (Å²) in [5.74, 6) is 0.729. The van der Waals surface area contributed by atoms with E-state index in [0.717, 1.165) is 30.3 Å². The van der Waals surface area contributed by atoms with Crippen molar-refractivity contribution in [2.24, 2.45) is 11.8 Å². The molecule has 0 aromatic carbocycles. The second-order valence-electron chi connectivity index (χ2n) is 6.42. The molecule has 2 heterocycles. The van der Waals surface area contributed by atoms with Crippen LogP contribution in [0.15, 0.2) is 0 Å². The highest BCUT2D eigenvalue weighted by Gasteiger charge is 2.25. The molecular formula is C15H24N2O2S. The van der Waals surface area contributed by atoms with E-state index in [4.69, 9.17) is 0 Å². The summed E-state index contributed by atoms with van der Waals surface area (Å²) in [6.07, 6.45) is 1.28. The Labute approximate surface area is 124 Å². The first-order valence-electron chi connectivity index (χ1n) is 7.32. The molecule has 1 aliphatic heterocycles. The molecule has 0 saturated carbocycles. The van der Waals surface area contributed by atoms with E-state index in [1.165, 1.54) is 17.8 Å². The van der Waals surface area contributed by atoms with E-state index in [2.05, 4.69) is 23.7 Å². The highest BCUT2D eigenvalue weighted by atomic mass is 32.1. The van der Waals surface area contributed by atoms with Gasteiger partial charge in [-0.05, 0) is 24.2 Å². The number of hydrogen-bond donors (Lipinski definition) is 1. The van der Waals surface area contributed by atoms with Gasteiger partial charge in [0.25, 0.3) is 0 Å². The van der Waals surface area contributed by atoms with Gasteiger partial charge in [-0.1, -0.05) is 27.7 Å². The van der Waals surface area contributed by atoms with Crippen LogP contribution in [0.3, 0.4) is 0 Å². The Morgan fingerprint density at radius 1 is 1.40 bits per heavy atom. The van der Waals surface area contributed by atoms with Crippen LogP contribution in [-0.2, 0) is 6.54 Å². The predicted octanol–water partition coefficient (Wildman–Crippen LogP) is 3.44. The first kappa shape index (κ1) is 15.4. The first-order chi connectivity index (χ1) is 9.36. The minimum atomic E-state index is -0.849. The zero-order valence-electron chi connectivity index (χ0n) is 12.7. The molecule has 20 heavy (non-hydrogen) atoms. The van der Waals surface area contributed by atoms with Crippen LogP contribution in [0.5, 0.6) is 0 Å². The average Bonchev–Trinajstić information content (AvgIpc) is 2.71. The van der Waals surface area contributed by atoms with Gasteiger partial charge in [0.2, 0.25) is 0 Å². The second kappa shape index (κ2) is 6.22. The van der Waals surface area contributed by atoms with Crippen molar-refractivity contribution in [3.05, 3.63) is 15.6 Å². The Hall–Kier alpha value is -0.940. The van der Waals surface area contributed by atoms with Crippen LogP contribution in [0.25, 0.3) is 0 Å². The van der Waals surface area contributed by atoms with Crippen molar-refractivity contribution in [2.45, 2.75) is 46.6 Å². The normalized spacial score (nSPS) is 24.2. The summed E-state index contributed by atoms with van der Waals surface area (Å²) in [4.78, 5) is 18.7. The highest BCUT2D eigenvalue weighted by Crippen LogP contribution is 2.28. The summed E-state index contributed by atoms with van der Waals surface area (Å²) in [6, 6.07) is 0. The van der Waals surface area contributed by atoms with Crippen LogP contribution in [0, 0.1) is 11.8 Å². The molecule has 4 nitrogen and oxygen atoms in total. The number of carboxylic acids is 1. The molecule has 1 N–H and O–H groups in total. The summed E-state index contributed by atoms with van der Waals surface area (Å²) < 4.78 is 0. The average molecular weight is 296 g/mol. The lowest BCUT2D eigenvalue weighted by Crippen LogP contribution is -2.38. The molecule has 5 heteroatoms. The molecule has 0 radical (unpaired) electrons. The molecule has 1 aromatic rings. The Morgan fingerprint density at radius 2 is 2.00 bits per heavy atom. The maximum atomic E-state index is 11.3. The van der Waals surface area contributed by atoms with Crippen molar-refractivity contribution in [3.8, 4) is 0 Å². The van der Waals surface area contributed by atoms with Crippen molar-refractivity contribution in [3.63, 3.8) is 0 Å². The predicted molar refractivity (Wildman–Crippen MR) is 81.4 cm³/mol. The van der Waals surface area contributed by atoms with Gasteiger partial charge < -0.3 is 5.11 Å². The second-order valence-corrected chi connectivity index (χ2v) is 7.51. The lowest BCUT2D eigenvalue weighted by molar-refractivity contribution is 0.0700. The number of thiazole rings is 1. The van der Waals surface area contributed by atoms with E-state index < -0.39 is 5.97 Å². The molecule has 0 aliphatic carbocycles. The first-order valence-corrected chi connectivity index (χ1v) is 8.13. The standard InChI is InChI=1S/C15H24N2O2S/c1-9(2)13-14(15(18)19)20-12(16-13)8-17-6-10(3)5-11(4)7-17/h9-11H,5-8H2,1-4H3,(H,18,19). The molecule has 0 bridgehead atoms. The van der Waals surface area contributed by atoms with E-state index in [0.29, 0.717) is 16.7 Å². The van der Waals surface area contributed by atoms with E-state index in [1.54, 1.807) is 0 Å². The van der Waals surface area contributed by atoms with Crippen molar-refractivity contribution in [1.29, 1.82) is 0 Å². The minimum absolute atomic E-state index is 0.158. The fraction of sp³-hybridized carbons (Fsp3) is 0.733. The maximum Gasteiger partial charge on any atom is 0.347 e. The Balaban J connectivity index is 2.13. The Morgan fingerprint density at radius 3 is 2.45 bits per heavy atom. The lowest BCUT2D eigenvalue weighted by atomic mass is 9.92. The number of piperidine rings is 1. The van der Waals surface area contributed by atoms with Gasteiger partial charge in [-0.3, -0.25) is 4.90 Å². The van der Waals surface area contributed by atoms with Crippen LogP contribution in [-0.4, -0.2) is 34.0 Å². The van der Waals surface area contributed by atoms with Crippen molar-refractivity contribution in [2.75, 3.05) is 13.1 Å². The number of aromatic nitrogens is 1. The maximum absolute atomic E-state index is 11.3. The van der Waals surface area contributed by atoms with E-state index in [-0.39, 0.29) is 5.92 Å². The summed E-state index contributed by atoms with van der Waals surface area (Å²) >= 11 is 1.34. The Bertz CT molecular complexity index is 474. The monoisotopic (exact) mass is 296 g/mol. The largest absolute Gasteiger partial charge is 0.477 e. The third-order valence-electron chi connectivity index (χ3n) is 3.74. The van der Waals surface area contributed by atoms with Gasteiger partial charge in [-0.25, -0.2) is 9.78 Å². The van der Waals surface area contributed by atoms with Crippen molar-refractivity contribution in [1.82, 2.24) is 9.88 Å². The number of rotatable bonds is 4. The van der Waals surface area contributed by atoms with Gasteiger partial charge in [0, 0.05) is 13.1 Å². The van der Waals surface area contributed by atoms with Gasteiger partial charge in [-0.15, -0.1) is 11.3 Å². The quantitative estimate of drug-likeness (QED) is 0.924.